The molecule has 1 saturated heterocycles. The van der Waals surface area contributed by atoms with Crippen LogP contribution in [0.4, 0.5) is 0 Å². The Morgan fingerprint density at radius 1 is 1.19 bits per heavy atom. The van der Waals surface area contributed by atoms with Crippen LogP contribution >= 0.6 is 0 Å². The summed E-state index contributed by atoms with van der Waals surface area (Å²) in [5.41, 5.74) is 0.958. The van der Waals surface area contributed by atoms with Gasteiger partial charge in [-0.3, -0.25) is 4.79 Å². The van der Waals surface area contributed by atoms with E-state index in [2.05, 4.69) is 5.32 Å². The molecule has 1 N–H and O–H groups in total. The minimum absolute atomic E-state index is 0.168. The van der Waals surface area contributed by atoms with Gasteiger partial charge in [-0.1, -0.05) is 38.0 Å². The van der Waals surface area contributed by atoms with Crippen LogP contribution in [0.5, 0.6) is 0 Å². The van der Waals surface area contributed by atoms with Gasteiger partial charge in [-0.05, 0) is 37.8 Å². The van der Waals surface area contributed by atoms with Crippen LogP contribution in [0.3, 0.4) is 0 Å². The summed E-state index contributed by atoms with van der Waals surface area (Å²) in [6, 6.07) is 4.93. The van der Waals surface area contributed by atoms with Gasteiger partial charge in [-0.25, -0.2) is 13.2 Å². The number of hydrogen-bond donors (Lipinski definition) is 1. The van der Waals surface area contributed by atoms with Gasteiger partial charge in [0.25, 0.3) is 0 Å². The normalized spacial score (nSPS) is 19.5. The van der Waals surface area contributed by atoms with Gasteiger partial charge in [0.1, 0.15) is 12.1 Å². The van der Waals surface area contributed by atoms with Crippen molar-refractivity contribution >= 4 is 21.9 Å². The van der Waals surface area contributed by atoms with Gasteiger partial charge >= 0.3 is 5.97 Å². The van der Waals surface area contributed by atoms with E-state index in [0.29, 0.717) is 12.8 Å². The second-order valence-electron chi connectivity index (χ2n) is 7.19. The number of ether oxygens (including phenoxy) is 1. The largest absolute Gasteiger partial charge is 0.467 e. The van der Waals surface area contributed by atoms with Gasteiger partial charge in [0.2, 0.25) is 15.9 Å². The molecule has 1 fully saturated rings. The molecule has 1 aliphatic heterocycles. The lowest BCUT2D eigenvalue weighted by atomic mass is 10.0. The van der Waals surface area contributed by atoms with Crippen LogP contribution in [0.15, 0.2) is 29.2 Å². The maximum Gasteiger partial charge on any atom is 0.328 e. The number of carbonyl (C=O) groups excluding carboxylic acids is 2. The van der Waals surface area contributed by atoms with Gasteiger partial charge in [0, 0.05) is 6.54 Å². The molecule has 0 aromatic heterocycles. The van der Waals surface area contributed by atoms with Gasteiger partial charge in [0.05, 0.1) is 12.0 Å². The molecule has 8 heteroatoms. The maximum absolute atomic E-state index is 13.1. The molecule has 2 atom stereocenters. The van der Waals surface area contributed by atoms with Crippen LogP contribution in [0.1, 0.15) is 38.7 Å². The van der Waals surface area contributed by atoms with Crippen LogP contribution in [-0.2, 0) is 24.3 Å². The van der Waals surface area contributed by atoms with E-state index in [0.717, 1.165) is 12.0 Å². The molecule has 27 heavy (non-hydrogen) atoms. The monoisotopic (exact) mass is 396 g/mol. The molecule has 1 amide bonds. The zero-order valence-electron chi connectivity index (χ0n) is 16.3. The standard InChI is InChI=1S/C19H28N2O5S/c1-13(2)17(19(23)26-4)20-18(22)16-7-5-6-12-21(16)27(24,25)15-10-8-14(3)9-11-15/h8-11,13,16-17H,5-7,12H2,1-4H3,(H,20,22)/t16?,17-/m1/s1. The summed E-state index contributed by atoms with van der Waals surface area (Å²) in [6.07, 6.45) is 1.87. The summed E-state index contributed by atoms with van der Waals surface area (Å²) in [6.45, 7) is 5.75. The number of nitrogens with zero attached hydrogens (tertiary/aromatic N) is 1. The van der Waals surface area contributed by atoms with E-state index in [9.17, 15) is 18.0 Å². The molecule has 0 radical (unpaired) electrons. The number of esters is 1. The highest BCUT2D eigenvalue weighted by atomic mass is 32.2. The number of benzene rings is 1. The fourth-order valence-electron chi connectivity index (χ4n) is 3.17. The van der Waals surface area contributed by atoms with Crippen LogP contribution in [0.2, 0.25) is 0 Å². The van der Waals surface area contributed by atoms with Gasteiger partial charge in [-0.15, -0.1) is 0 Å². The fraction of sp³-hybridized carbons (Fsp3) is 0.579. The predicted molar refractivity (Wildman–Crippen MR) is 101 cm³/mol. The summed E-state index contributed by atoms with van der Waals surface area (Å²) in [5, 5.41) is 2.68. The molecule has 150 valence electrons. The summed E-state index contributed by atoms with van der Waals surface area (Å²) in [4.78, 5) is 25.0. The lowest BCUT2D eigenvalue weighted by molar-refractivity contribution is -0.147. The van der Waals surface area contributed by atoms with Gasteiger partial charge < -0.3 is 10.1 Å². The van der Waals surface area contributed by atoms with Crippen LogP contribution in [0.25, 0.3) is 0 Å². The minimum Gasteiger partial charge on any atom is -0.467 e. The van der Waals surface area contributed by atoms with Crippen LogP contribution in [0, 0.1) is 12.8 Å². The Balaban J connectivity index is 2.27. The molecular formula is C19H28N2O5S. The predicted octanol–water partition coefficient (Wildman–Crippen LogP) is 1.85. The summed E-state index contributed by atoms with van der Waals surface area (Å²) in [7, 11) is -2.54. The van der Waals surface area contributed by atoms with Crippen molar-refractivity contribution in [2.45, 2.75) is 57.0 Å². The number of rotatable bonds is 6. The summed E-state index contributed by atoms with van der Waals surface area (Å²) in [5.74, 6) is -1.18. The van der Waals surface area contributed by atoms with E-state index < -0.39 is 34.0 Å². The molecule has 1 aromatic rings. The Morgan fingerprint density at radius 3 is 2.37 bits per heavy atom. The highest BCUT2D eigenvalue weighted by molar-refractivity contribution is 7.89. The molecule has 2 rings (SSSR count). The summed E-state index contributed by atoms with van der Waals surface area (Å²) < 4.78 is 32.2. The highest BCUT2D eigenvalue weighted by Gasteiger charge is 2.39. The topological polar surface area (TPSA) is 92.8 Å². The van der Waals surface area contributed by atoms with E-state index in [1.165, 1.54) is 11.4 Å². The maximum atomic E-state index is 13.1. The lowest BCUT2D eigenvalue weighted by Crippen LogP contribution is -2.56. The first-order chi connectivity index (χ1) is 12.7. The molecule has 0 spiro atoms. The molecule has 0 aliphatic carbocycles. The van der Waals surface area contributed by atoms with E-state index >= 15 is 0 Å². The van der Waals surface area contributed by atoms with Crippen molar-refractivity contribution in [3.63, 3.8) is 0 Å². The molecule has 7 nitrogen and oxygen atoms in total. The smallest absolute Gasteiger partial charge is 0.328 e. The third-order valence-electron chi connectivity index (χ3n) is 4.80. The number of amides is 1. The fourth-order valence-corrected chi connectivity index (χ4v) is 4.83. The van der Waals surface area contributed by atoms with Crippen molar-refractivity contribution in [1.82, 2.24) is 9.62 Å². The van der Waals surface area contributed by atoms with Crippen LogP contribution in [-0.4, -0.2) is 50.3 Å². The number of methoxy groups -OCH3 is 1. The van der Waals surface area contributed by atoms with Crippen molar-refractivity contribution in [1.29, 1.82) is 0 Å². The Bertz CT molecular complexity index is 774. The highest BCUT2D eigenvalue weighted by Crippen LogP contribution is 2.26. The van der Waals surface area contributed by atoms with Crippen LogP contribution < -0.4 is 5.32 Å². The Hall–Kier alpha value is -1.93. The quantitative estimate of drug-likeness (QED) is 0.741. The molecule has 1 heterocycles. The average molecular weight is 397 g/mol. The van der Waals surface area contributed by atoms with E-state index in [4.69, 9.17) is 4.74 Å². The van der Waals surface area contributed by atoms with Crippen molar-refractivity contribution in [3.05, 3.63) is 29.8 Å². The number of nitrogens with one attached hydrogen (secondary N) is 1. The SMILES string of the molecule is COC(=O)[C@H](NC(=O)C1CCCCN1S(=O)(=O)c1ccc(C)cc1)C(C)C. The molecular weight excluding hydrogens is 368 g/mol. The second-order valence-corrected chi connectivity index (χ2v) is 9.08. The number of hydrogen-bond acceptors (Lipinski definition) is 5. The van der Waals surface area contributed by atoms with E-state index in [1.807, 2.05) is 6.92 Å². The van der Waals surface area contributed by atoms with Gasteiger partial charge in [-0.2, -0.15) is 4.31 Å². The first-order valence-electron chi connectivity index (χ1n) is 9.15. The molecule has 1 aromatic carbocycles. The molecule has 1 unspecified atom stereocenters. The van der Waals surface area contributed by atoms with Crippen molar-refractivity contribution < 1.29 is 22.7 Å². The Kier molecular flexibility index (Phi) is 7.00. The molecule has 1 aliphatic rings. The average Bonchev–Trinajstić information content (AvgIpc) is 2.65. The third kappa shape index (κ3) is 4.87. The summed E-state index contributed by atoms with van der Waals surface area (Å²) >= 11 is 0. The van der Waals surface area contributed by atoms with Crippen molar-refractivity contribution in [2.75, 3.05) is 13.7 Å². The van der Waals surface area contributed by atoms with E-state index in [1.54, 1.807) is 38.1 Å². The zero-order chi connectivity index (χ0) is 20.2. The number of aryl methyl sites for hydroxylation is 1. The second kappa shape index (κ2) is 8.84. The molecule has 0 saturated carbocycles. The Morgan fingerprint density at radius 2 is 1.81 bits per heavy atom. The van der Waals surface area contributed by atoms with Crippen molar-refractivity contribution in [3.8, 4) is 0 Å². The number of carbonyl (C=O) groups is 2. The first-order valence-corrected chi connectivity index (χ1v) is 10.6. The Labute approximate surface area is 161 Å². The lowest BCUT2D eigenvalue weighted by Gasteiger charge is -2.34. The first kappa shape index (κ1) is 21.4. The van der Waals surface area contributed by atoms with Gasteiger partial charge in [0.15, 0.2) is 0 Å². The minimum atomic E-state index is -3.80. The molecule has 0 bridgehead atoms. The van der Waals surface area contributed by atoms with Crippen molar-refractivity contribution in [2.24, 2.45) is 5.92 Å². The van der Waals surface area contributed by atoms with E-state index in [-0.39, 0.29) is 17.4 Å². The zero-order valence-corrected chi connectivity index (χ0v) is 17.1. The number of piperidine rings is 1. The third-order valence-corrected chi connectivity index (χ3v) is 6.73. The number of sulfonamides is 1.